The summed E-state index contributed by atoms with van der Waals surface area (Å²) in [6, 6.07) is 11.7. The van der Waals surface area contributed by atoms with E-state index in [4.69, 9.17) is 11.6 Å². The molecule has 2 aromatic carbocycles. The highest BCUT2D eigenvalue weighted by Gasteiger charge is 2.38. The molecule has 0 saturated carbocycles. The van der Waals surface area contributed by atoms with Crippen molar-refractivity contribution in [3.63, 3.8) is 0 Å². The van der Waals surface area contributed by atoms with Gasteiger partial charge < -0.3 is 10.4 Å². The molecular formula is C18H15BrClNO. The summed E-state index contributed by atoms with van der Waals surface area (Å²) < 4.78 is 0.978. The third kappa shape index (κ3) is 2.24. The van der Waals surface area contributed by atoms with Crippen LogP contribution >= 0.6 is 27.5 Å². The van der Waals surface area contributed by atoms with E-state index in [-0.39, 0.29) is 6.04 Å². The lowest BCUT2D eigenvalue weighted by atomic mass is 9.77. The third-order valence-electron chi connectivity index (χ3n) is 4.65. The molecule has 1 heterocycles. The van der Waals surface area contributed by atoms with E-state index in [1.807, 2.05) is 30.3 Å². The number of rotatable bonds is 1. The Morgan fingerprint density at radius 1 is 1.14 bits per heavy atom. The summed E-state index contributed by atoms with van der Waals surface area (Å²) in [5.74, 6) is 1.08. The van der Waals surface area contributed by atoms with E-state index in [0.29, 0.717) is 17.6 Å². The fourth-order valence-electron chi connectivity index (χ4n) is 3.65. The van der Waals surface area contributed by atoms with Crippen molar-refractivity contribution in [1.29, 1.82) is 0 Å². The molecule has 1 aliphatic carbocycles. The fraction of sp³-hybridized carbons (Fsp3) is 0.222. The summed E-state index contributed by atoms with van der Waals surface area (Å²) >= 11 is 9.67. The van der Waals surface area contributed by atoms with Crippen LogP contribution in [-0.4, -0.2) is 5.11 Å². The van der Waals surface area contributed by atoms with Crippen LogP contribution in [0.25, 0.3) is 0 Å². The molecule has 0 bridgehead atoms. The SMILES string of the molecule is Oc1ccc(Br)cc1C1Nc2ccc(Cl)cc2C2C=CCC21. The first-order chi connectivity index (χ1) is 10.6. The number of aromatic hydroxyl groups is 1. The van der Waals surface area contributed by atoms with Crippen LogP contribution in [0, 0.1) is 5.92 Å². The first kappa shape index (κ1) is 14.2. The van der Waals surface area contributed by atoms with Crippen molar-refractivity contribution >= 4 is 33.2 Å². The zero-order chi connectivity index (χ0) is 15.3. The number of hydrogen-bond acceptors (Lipinski definition) is 2. The summed E-state index contributed by atoms with van der Waals surface area (Å²) in [6.45, 7) is 0. The van der Waals surface area contributed by atoms with Crippen molar-refractivity contribution in [1.82, 2.24) is 0 Å². The Bertz CT molecular complexity index is 774. The van der Waals surface area contributed by atoms with E-state index in [0.717, 1.165) is 27.2 Å². The van der Waals surface area contributed by atoms with Crippen LogP contribution in [0.1, 0.15) is 29.5 Å². The molecule has 0 aromatic heterocycles. The van der Waals surface area contributed by atoms with Crippen molar-refractivity contribution < 1.29 is 5.11 Å². The first-order valence-electron chi connectivity index (χ1n) is 7.34. The quantitative estimate of drug-likeness (QED) is 0.632. The molecule has 0 radical (unpaired) electrons. The molecule has 0 amide bonds. The minimum atomic E-state index is 0.0891. The van der Waals surface area contributed by atoms with Gasteiger partial charge in [0.1, 0.15) is 5.75 Å². The van der Waals surface area contributed by atoms with Gasteiger partial charge in [0.15, 0.2) is 0 Å². The number of allylic oxidation sites excluding steroid dienone is 2. The summed E-state index contributed by atoms with van der Waals surface area (Å²) in [5.41, 5.74) is 3.28. The second-order valence-electron chi connectivity index (χ2n) is 5.91. The van der Waals surface area contributed by atoms with Gasteiger partial charge in [-0.1, -0.05) is 39.7 Å². The van der Waals surface area contributed by atoms with Crippen LogP contribution in [0.3, 0.4) is 0 Å². The maximum atomic E-state index is 10.3. The molecule has 22 heavy (non-hydrogen) atoms. The maximum absolute atomic E-state index is 10.3. The smallest absolute Gasteiger partial charge is 0.120 e. The third-order valence-corrected chi connectivity index (χ3v) is 5.38. The normalized spacial score (nSPS) is 25.5. The molecule has 4 heteroatoms. The van der Waals surface area contributed by atoms with E-state index in [9.17, 15) is 5.11 Å². The highest BCUT2D eigenvalue weighted by Crippen LogP contribution is 2.51. The summed E-state index contributed by atoms with van der Waals surface area (Å²) in [6.07, 6.45) is 5.50. The molecule has 2 aliphatic rings. The van der Waals surface area contributed by atoms with Gasteiger partial charge in [-0.05, 0) is 54.3 Å². The van der Waals surface area contributed by atoms with Crippen molar-refractivity contribution in [2.24, 2.45) is 5.92 Å². The number of benzene rings is 2. The molecule has 2 aromatic rings. The Hall–Kier alpha value is -1.45. The number of hydrogen-bond donors (Lipinski definition) is 2. The topological polar surface area (TPSA) is 32.3 Å². The Balaban J connectivity index is 1.83. The highest BCUT2D eigenvalue weighted by molar-refractivity contribution is 9.10. The van der Waals surface area contributed by atoms with Crippen LogP contribution in [0.15, 0.2) is 53.0 Å². The second-order valence-corrected chi connectivity index (χ2v) is 7.26. The van der Waals surface area contributed by atoms with Gasteiger partial charge in [-0.15, -0.1) is 0 Å². The predicted octanol–water partition coefficient (Wildman–Crippen LogP) is 5.63. The van der Waals surface area contributed by atoms with Crippen LogP contribution in [0.4, 0.5) is 5.69 Å². The van der Waals surface area contributed by atoms with Gasteiger partial charge in [0.2, 0.25) is 0 Å². The molecule has 0 saturated heterocycles. The van der Waals surface area contributed by atoms with Crippen molar-refractivity contribution in [3.05, 3.63) is 69.2 Å². The summed E-state index contributed by atoms with van der Waals surface area (Å²) in [7, 11) is 0. The molecule has 2 N–H and O–H groups in total. The molecule has 4 rings (SSSR count). The zero-order valence-electron chi connectivity index (χ0n) is 11.8. The van der Waals surface area contributed by atoms with E-state index in [1.54, 1.807) is 6.07 Å². The molecule has 0 fully saturated rings. The van der Waals surface area contributed by atoms with Gasteiger partial charge >= 0.3 is 0 Å². The molecular weight excluding hydrogens is 362 g/mol. The number of anilines is 1. The van der Waals surface area contributed by atoms with Crippen LogP contribution in [-0.2, 0) is 0 Å². The fourth-order valence-corrected chi connectivity index (χ4v) is 4.21. The Labute approximate surface area is 142 Å². The second kappa shape index (κ2) is 5.32. The highest BCUT2D eigenvalue weighted by atomic mass is 79.9. The Morgan fingerprint density at radius 2 is 2.00 bits per heavy atom. The minimum Gasteiger partial charge on any atom is -0.508 e. The van der Waals surface area contributed by atoms with E-state index < -0.39 is 0 Å². The van der Waals surface area contributed by atoms with Gasteiger partial charge in [0, 0.05) is 26.7 Å². The standard InChI is InChI=1S/C18H15BrClNO/c19-10-4-7-17(22)15(8-10)18-13-3-1-2-12(13)14-9-11(20)5-6-16(14)21-18/h1-2,4-9,12-13,18,21-22H,3H2. The average Bonchev–Trinajstić information content (AvgIpc) is 2.99. The molecule has 3 atom stereocenters. The average molecular weight is 377 g/mol. The lowest BCUT2D eigenvalue weighted by molar-refractivity contribution is 0.402. The molecule has 3 unspecified atom stereocenters. The van der Waals surface area contributed by atoms with Crippen molar-refractivity contribution in [2.45, 2.75) is 18.4 Å². The number of fused-ring (bicyclic) bond motifs is 3. The number of phenolic OH excluding ortho intramolecular Hbond substituents is 1. The zero-order valence-corrected chi connectivity index (χ0v) is 14.1. The van der Waals surface area contributed by atoms with Crippen molar-refractivity contribution in [3.8, 4) is 5.75 Å². The van der Waals surface area contributed by atoms with Gasteiger partial charge in [-0.2, -0.15) is 0 Å². The van der Waals surface area contributed by atoms with Crippen LogP contribution in [0.2, 0.25) is 5.02 Å². The minimum absolute atomic E-state index is 0.0891. The first-order valence-corrected chi connectivity index (χ1v) is 8.51. The van der Waals surface area contributed by atoms with Gasteiger partial charge in [-0.3, -0.25) is 0 Å². The number of halogens is 2. The van der Waals surface area contributed by atoms with Gasteiger partial charge in [0.25, 0.3) is 0 Å². The van der Waals surface area contributed by atoms with Crippen LogP contribution in [0.5, 0.6) is 5.75 Å². The van der Waals surface area contributed by atoms with E-state index >= 15 is 0 Å². The summed E-state index contributed by atoms with van der Waals surface area (Å²) in [4.78, 5) is 0. The molecule has 2 nitrogen and oxygen atoms in total. The lowest BCUT2D eigenvalue weighted by Crippen LogP contribution is -2.29. The summed E-state index contributed by atoms with van der Waals surface area (Å²) in [5, 5.41) is 14.7. The number of nitrogens with one attached hydrogen (secondary N) is 1. The van der Waals surface area contributed by atoms with E-state index in [1.165, 1.54) is 5.56 Å². The monoisotopic (exact) mass is 375 g/mol. The molecule has 0 spiro atoms. The van der Waals surface area contributed by atoms with Crippen LogP contribution < -0.4 is 5.32 Å². The van der Waals surface area contributed by atoms with Crippen molar-refractivity contribution in [2.75, 3.05) is 5.32 Å². The maximum Gasteiger partial charge on any atom is 0.120 e. The molecule has 112 valence electrons. The lowest BCUT2D eigenvalue weighted by Gasteiger charge is -2.37. The number of phenols is 1. The predicted molar refractivity (Wildman–Crippen MR) is 93.6 cm³/mol. The molecule has 1 aliphatic heterocycles. The Kier molecular flexibility index (Phi) is 3.43. The van der Waals surface area contributed by atoms with Gasteiger partial charge in [-0.25, -0.2) is 0 Å². The largest absolute Gasteiger partial charge is 0.508 e. The van der Waals surface area contributed by atoms with E-state index in [2.05, 4.69) is 33.4 Å². The van der Waals surface area contributed by atoms with Gasteiger partial charge in [0.05, 0.1) is 6.04 Å². The Morgan fingerprint density at radius 3 is 2.86 bits per heavy atom.